The minimum absolute atomic E-state index is 0.00156. The lowest BCUT2D eigenvalue weighted by atomic mass is 10.1. The van der Waals surface area contributed by atoms with E-state index in [4.69, 9.17) is 9.47 Å². The molecule has 1 amide bonds. The highest BCUT2D eigenvalue weighted by molar-refractivity contribution is 5.76. The second kappa shape index (κ2) is 8.02. The van der Waals surface area contributed by atoms with Gasteiger partial charge in [0.15, 0.2) is 0 Å². The molecule has 116 valence electrons. The van der Waals surface area contributed by atoms with Gasteiger partial charge in [0.05, 0.1) is 14.2 Å². The zero-order valence-corrected chi connectivity index (χ0v) is 12.8. The minimum atomic E-state index is 0.00156. The summed E-state index contributed by atoms with van der Waals surface area (Å²) >= 11 is 0. The van der Waals surface area contributed by atoms with Crippen molar-refractivity contribution in [3.8, 4) is 11.6 Å². The van der Waals surface area contributed by atoms with E-state index in [1.54, 1.807) is 26.5 Å². The van der Waals surface area contributed by atoms with Gasteiger partial charge < -0.3 is 14.8 Å². The molecule has 0 aliphatic carbocycles. The summed E-state index contributed by atoms with van der Waals surface area (Å²) in [5, 5.41) is 2.89. The average Bonchev–Trinajstić information content (AvgIpc) is 2.58. The second-order valence-electron chi connectivity index (χ2n) is 4.80. The molecule has 0 saturated carbocycles. The summed E-state index contributed by atoms with van der Waals surface area (Å²) < 4.78 is 10.3. The van der Waals surface area contributed by atoms with E-state index >= 15 is 0 Å². The molecule has 0 radical (unpaired) electrons. The lowest BCUT2D eigenvalue weighted by Crippen LogP contribution is -2.23. The van der Waals surface area contributed by atoms with Crippen LogP contribution in [0.1, 0.15) is 17.5 Å². The fraction of sp³-hybridized carbons (Fsp3) is 0.294. The Bertz CT molecular complexity index is 629. The molecule has 2 aromatic rings. The first-order valence-electron chi connectivity index (χ1n) is 7.10. The SMILES string of the molecule is COc1cc(CNC(=O)CCc2ccccc2OC)ccn1. The predicted octanol–water partition coefficient (Wildman–Crippen LogP) is 2.35. The number of amides is 1. The van der Waals surface area contributed by atoms with Gasteiger partial charge in [-0.1, -0.05) is 18.2 Å². The summed E-state index contributed by atoms with van der Waals surface area (Å²) in [7, 11) is 3.20. The van der Waals surface area contributed by atoms with Crippen LogP contribution in [0.5, 0.6) is 11.6 Å². The van der Waals surface area contributed by atoms with Crippen LogP contribution in [0, 0.1) is 0 Å². The molecule has 0 spiro atoms. The van der Waals surface area contributed by atoms with Crippen LogP contribution in [0.15, 0.2) is 42.6 Å². The highest BCUT2D eigenvalue weighted by Crippen LogP contribution is 2.18. The molecule has 0 aliphatic rings. The molecular weight excluding hydrogens is 280 g/mol. The lowest BCUT2D eigenvalue weighted by molar-refractivity contribution is -0.121. The number of nitrogens with zero attached hydrogens (tertiary/aromatic N) is 1. The highest BCUT2D eigenvalue weighted by Gasteiger charge is 2.06. The highest BCUT2D eigenvalue weighted by atomic mass is 16.5. The maximum Gasteiger partial charge on any atom is 0.220 e. The van der Waals surface area contributed by atoms with Crippen molar-refractivity contribution in [2.75, 3.05) is 14.2 Å². The monoisotopic (exact) mass is 300 g/mol. The summed E-state index contributed by atoms with van der Waals surface area (Å²) in [5.41, 5.74) is 1.99. The van der Waals surface area contributed by atoms with Gasteiger partial charge in [-0.25, -0.2) is 4.98 Å². The van der Waals surface area contributed by atoms with Crippen molar-refractivity contribution >= 4 is 5.91 Å². The zero-order valence-electron chi connectivity index (χ0n) is 12.8. The molecule has 0 unspecified atom stereocenters. The van der Waals surface area contributed by atoms with Crippen LogP contribution in [0.2, 0.25) is 0 Å². The van der Waals surface area contributed by atoms with E-state index in [0.29, 0.717) is 25.3 Å². The first kappa shape index (κ1) is 15.8. The van der Waals surface area contributed by atoms with Crippen molar-refractivity contribution in [3.63, 3.8) is 0 Å². The van der Waals surface area contributed by atoms with Gasteiger partial charge in [0.2, 0.25) is 11.8 Å². The average molecular weight is 300 g/mol. The van der Waals surface area contributed by atoms with Crippen LogP contribution in [0.4, 0.5) is 0 Å². The Hall–Kier alpha value is -2.56. The van der Waals surface area contributed by atoms with Gasteiger partial charge in [-0.2, -0.15) is 0 Å². The topological polar surface area (TPSA) is 60.5 Å². The first-order valence-corrected chi connectivity index (χ1v) is 7.10. The third-order valence-corrected chi connectivity index (χ3v) is 3.31. The third-order valence-electron chi connectivity index (χ3n) is 3.31. The van der Waals surface area contributed by atoms with Crippen molar-refractivity contribution in [2.24, 2.45) is 0 Å². The van der Waals surface area contributed by atoms with Gasteiger partial charge in [0.25, 0.3) is 0 Å². The van der Waals surface area contributed by atoms with E-state index in [-0.39, 0.29) is 5.91 Å². The van der Waals surface area contributed by atoms with E-state index in [1.807, 2.05) is 30.3 Å². The van der Waals surface area contributed by atoms with Crippen molar-refractivity contribution < 1.29 is 14.3 Å². The largest absolute Gasteiger partial charge is 0.496 e. The van der Waals surface area contributed by atoms with E-state index < -0.39 is 0 Å². The van der Waals surface area contributed by atoms with Gasteiger partial charge in [-0.3, -0.25) is 4.79 Å². The Balaban J connectivity index is 1.83. The molecular formula is C17H20N2O3. The number of methoxy groups -OCH3 is 2. The fourth-order valence-electron chi connectivity index (χ4n) is 2.12. The first-order chi connectivity index (χ1) is 10.7. The van der Waals surface area contributed by atoms with Gasteiger partial charge >= 0.3 is 0 Å². The number of aromatic nitrogens is 1. The molecule has 1 aromatic heterocycles. The summed E-state index contributed by atoms with van der Waals surface area (Å²) in [6.45, 7) is 0.462. The number of nitrogens with one attached hydrogen (secondary N) is 1. The van der Waals surface area contributed by atoms with Gasteiger partial charge in [-0.05, 0) is 29.7 Å². The molecule has 0 fully saturated rings. The van der Waals surface area contributed by atoms with Crippen molar-refractivity contribution in [1.82, 2.24) is 10.3 Å². The van der Waals surface area contributed by atoms with E-state index in [9.17, 15) is 4.79 Å². The van der Waals surface area contributed by atoms with Crippen molar-refractivity contribution in [3.05, 3.63) is 53.7 Å². The molecule has 0 saturated heterocycles. The van der Waals surface area contributed by atoms with Crippen LogP contribution in [-0.4, -0.2) is 25.1 Å². The molecule has 22 heavy (non-hydrogen) atoms. The van der Waals surface area contributed by atoms with E-state index in [2.05, 4.69) is 10.3 Å². The number of hydrogen-bond acceptors (Lipinski definition) is 4. The number of ether oxygens (including phenoxy) is 2. The number of benzene rings is 1. The Morgan fingerprint density at radius 3 is 2.77 bits per heavy atom. The number of para-hydroxylation sites is 1. The Morgan fingerprint density at radius 1 is 1.18 bits per heavy atom. The van der Waals surface area contributed by atoms with Crippen LogP contribution in [-0.2, 0) is 17.8 Å². The second-order valence-corrected chi connectivity index (χ2v) is 4.80. The van der Waals surface area contributed by atoms with Gasteiger partial charge in [-0.15, -0.1) is 0 Å². The molecule has 1 aromatic carbocycles. The predicted molar refractivity (Wildman–Crippen MR) is 84.0 cm³/mol. The molecule has 2 rings (SSSR count). The van der Waals surface area contributed by atoms with Crippen LogP contribution in [0.3, 0.4) is 0 Å². The number of carbonyl (C=O) groups excluding carboxylic acids is 1. The zero-order chi connectivity index (χ0) is 15.8. The third kappa shape index (κ3) is 4.48. The maximum atomic E-state index is 11.9. The Labute approximate surface area is 130 Å². The maximum absolute atomic E-state index is 11.9. The fourth-order valence-corrected chi connectivity index (χ4v) is 2.12. The minimum Gasteiger partial charge on any atom is -0.496 e. The number of rotatable bonds is 7. The summed E-state index contributed by atoms with van der Waals surface area (Å²) in [5.74, 6) is 1.36. The molecule has 5 nitrogen and oxygen atoms in total. The molecule has 5 heteroatoms. The number of carbonyl (C=O) groups is 1. The van der Waals surface area contributed by atoms with E-state index in [0.717, 1.165) is 16.9 Å². The van der Waals surface area contributed by atoms with Crippen LogP contribution in [0.25, 0.3) is 0 Å². The van der Waals surface area contributed by atoms with Gasteiger partial charge in [0.1, 0.15) is 5.75 Å². The van der Waals surface area contributed by atoms with Crippen LogP contribution >= 0.6 is 0 Å². The molecule has 0 bridgehead atoms. The standard InChI is InChI=1S/C17H20N2O3/c1-21-15-6-4-3-5-14(15)7-8-16(20)19-12-13-9-10-18-17(11-13)22-2/h3-6,9-11H,7-8,12H2,1-2H3,(H,19,20). The smallest absolute Gasteiger partial charge is 0.220 e. The van der Waals surface area contributed by atoms with Crippen LogP contribution < -0.4 is 14.8 Å². The number of aryl methyl sites for hydroxylation is 1. The normalized spacial score (nSPS) is 10.1. The quantitative estimate of drug-likeness (QED) is 0.852. The van der Waals surface area contributed by atoms with Crippen molar-refractivity contribution in [1.29, 1.82) is 0 Å². The summed E-state index contributed by atoms with van der Waals surface area (Å²) in [6.07, 6.45) is 2.73. The summed E-state index contributed by atoms with van der Waals surface area (Å²) in [6, 6.07) is 11.4. The van der Waals surface area contributed by atoms with Crippen molar-refractivity contribution in [2.45, 2.75) is 19.4 Å². The number of pyridine rings is 1. The molecule has 1 heterocycles. The molecule has 1 N–H and O–H groups in total. The Morgan fingerprint density at radius 2 is 2.00 bits per heavy atom. The Kier molecular flexibility index (Phi) is 5.77. The van der Waals surface area contributed by atoms with Gasteiger partial charge in [0, 0.05) is 25.2 Å². The lowest BCUT2D eigenvalue weighted by Gasteiger charge is -2.09. The summed E-state index contributed by atoms with van der Waals surface area (Å²) in [4.78, 5) is 16.0. The number of hydrogen-bond donors (Lipinski definition) is 1. The molecule has 0 atom stereocenters. The molecule has 0 aliphatic heterocycles. The van der Waals surface area contributed by atoms with E-state index in [1.165, 1.54) is 0 Å².